The minimum atomic E-state index is -0.443. The molecule has 1 aromatic rings. The Labute approximate surface area is 70.9 Å². The topological polar surface area (TPSA) is 60.7 Å². The molecule has 3 N–H and O–H groups in total. The molecule has 12 heavy (non-hydrogen) atoms. The van der Waals surface area contributed by atoms with Crippen molar-refractivity contribution in [1.29, 1.82) is 0 Å². The van der Waals surface area contributed by atoms with Gasteiger partial charge in [-0.3, -0.25) is 0 Å². The third-order valence-corrected chi connectivity index (χ3v) is 1.78. The lowest BCUT2D eigenvalue weighted by atomic mass is 10.0. The summed E-state index contributed by atoms with van der Waals surface area (Å²) < 4.78 is 0. The van der Waals surface area contributed by atoms with Crippen LogP contribution in [0.1, 0.15) is 25.3 Å². The van der Waals surface area contributed by atoms with Crippen molar-refractivity contribution in [3.05, 3.63) is 17.7 Å². The van der Waals surface area contributed by atoms with E-state index in [4.69, 9.17) is 10.2 Å². The Morgan fingerprint density at radius 1 is 1.00 bits per heavy atom. The Morgan fingerprint density at radius 2 is 1.58 bits per heavy atom. The average molecular weight is 168 g/mol. The van der Waals surface area contributed by atoms with E-state index in [9.17, 15) is 5.11 Å². The van der Waals surface area contributed by atoms with Gasteiger partial charge < -0.3 is 15.3 Å². The minimum Gasteiger partial charge on any atom is -0.504 e. The summed E-state index contributed by atoms with van der Waals surface area (Å²) in [6.07, 6.45) is 0. The number of benzene rings is 1. The second-order valence-electron chi connectivity index (χ2n) is 3.03. The van der Waals surface area contributed by atoms with Gasteiger partial charge in [-0.25, -0.2) is 0 Å². The molecule has 0 aromatic heterocycles. The summed E-state index contributed by atoms with van der Waals surface area (Å²) >= 11 is 0. The smallest absolute Gasteiger partial charge is 0.200 e. The molecule has 1 aromatic carbocycles. The molecule has 3 nitrogen and oxygen atoms in total. The second kappa shape index (κ2) is 2.93. The summed E-state index contributed by atoms with van der Waals surface area (Å²) in [6.45, 7) is 3.79. The van der Waals surface area contributed by atoms with Crippen LogP contribution in [0.15, 0.2) is 12.1 Å². The number of rotatable bonds is 1. The van der Waals surface area contributed by atoms with Crippen LogP contribution in [0, 0.1) is 0 Å². The predicted molar refractivity (Wildman–Crippen MR) is 45.5 cm³/mol. The number of aromatic hydroxyl groups is 3. The van der Waals surface area contributed by atoms with Gasteiger partial charge >= 0.3 is 0 Å². The lowest BCUT2D eigenvalue weighted by Gasteiger charge is -2.09. The van der Waals surface area contributed by atoms with Crippen molar-refractivity contribution >= 4 is 0 Å². The summed E-state index contributed by atoms with van der Waals surface area (Å²) in [4.78, 5) is 0. The van der Waals surface area contributed by atoms with Crippen LogP contribution in [-0.2, 0) is 0 Å². The van der Waals surface area contributed by atoms with Crippen molar-refractivity contribution in [2.24, 2.45) is 0 Å². The van der Waals surface area contributed by atoms with Crippen LogP contribution in [0.4, 0.5) is 0 Å². The molecular formula is C9H12O3. The maximum absolute atomic E-state index is 9.34. The fourth-order valence-electron chi connectivity index (χ4n) is 1.05. The number of hydrogen-bond acceptors (Lipinski definition) is 3. The van der Waals surface area contributed by atoms with Gasteiger partial charge in [0, 0.05) is 5.56 Å². The molecule has 0 aliphatic rings. The van der Waals surface area contributed by atoms with Crippen molar-refractivity contribution in [2.45, 2.75) is 19.8 Å². The molecule has 0 saturated heterocycles. The van der Waals surface area contributed by atoms with Crippen molar-refractivity contribution in [1.82, 2.24) is 0 Å². The van der Waals surface area contributed by atoms with Crippen LogP contribution >= 0.6 is 0 Å². The lowest BCUT2D eigenvalue weighted by molar-refractivity contribution is 0.364. The van der Waals surface area contributed by atoms with Crippen LogP contribution in [0.5, 0.6) is 17.2 Å². The van der Waals surface area contributed by atoms with Gasteiger partial charge in [0.05, 0.1) is 0 Å². The Hall–Kier alpha value is -1.38. The first-order valence-electron chi connectivity index (χ1n) is 3.77. The van der Waals surface area contributed by atoms with E-state index in [0.29, 0.717) is 5.56 Å². The summed E-state index contributed by atoms with van der Waals surface area (Å²) in [6, 6.07) is 2.96. The van der Waals surface area contributed by atoms with Gasteiger partial charge in [0.25, 0.3) is 0 Å². The molecule has 0 radical (unpaired) electrons. The molecule has 0 spiro atoms. The Kier molecular flexibility index (Phi) is 2.13. The number of hydrogen-bond donors (Lipinski definition) is 3. The van der Waals surface area contributed by atoms with E-state index in [2.05, 4.69) is 0 Å². The Balaban J connectivity index is 3.27. The quantitative estimate of drug-likeness (QED) is 0.561. The monoisotopic (exact) mass is 168 g/mol. The van der Waals surface area contributed by atoms with Crippen LogP contribution in [0.3, 0.4) is 0 Å². The number of phenolic OH excluding ortho intramolecular Hbond substituents is 3. The summed E-state index contributed by atoms with van der Waals surface area (Å²) in [5.41, 5.74) is 0.630. The molecule has 0 heterocycles. The van der Waals surface area contributed by atoms with Gasteiger partial charge in [-0.15, -0.1) is 0 Å². The first-order valence-corrected chi connectivity index (χ1v) is 3.77. The van der Waals surface area contributed by atoms with Crippen LogP contribution in [-0.4, -0.2) is 15.3 Å². The van der Waals surface area contributed by atoms with E-state index < -0.39 is 5.75 Å². The highest BCUT2D eigenvalue weighted by atomic mass is 16.3. The zero-order chi connectivity index (χ0) is 9.30. The maximum atomic E-state index is 9.34. The largest absolute Gasteiger partial charge is 0.504 e. The third kappa shape index (κ3) is 1.30. The highest BCUT2D eigenvalue weighted by Crippen LogP contribution is 2.39. The zero-order valence-corrected chi connectivity index (χ0v) is 7.07. The molecular weight excluding hydrogens is 156 g/mol. The molecule has 0 unspecified atom stereocenters. The van der Waals surface area contributed by atoms with E-state index >= 15 is 0 Å². The molecule has 0 amide bonds. The van der Waals surface area contributed by atoms with Gasteiger partial charge in [0.15, 0.2) is 11.5 Å². The van der Waals surface area contributed by atoms with Gasteiger partial charge in [0.2, 0.25) is 5.75 Å². The van der Waals surface area contributed by atoms with Gasteiger partial charge in [-0.05, 0) is 12.0 Å². The first kappa shape index (κ1) is 8.71. The van der Waals surface area contributed by atoms with Gasteiger partial charge in [0.1, 0.15) is 0 Å². The van der Waals surface area contributed by atoms with Crippen LogP contribution in [0.25, 0.3) is 0 Å². The maximum Gasteiger partial charge on any atom is 0.200 e. The molecule has 0 aliphatic heterocycles. The molecule has 0 aliphatic carbocycles. The predicted octanol–water partition coefficient (Wildman–Crippen LogP) is 1.93. The molecule has 0 bridgehead atoms. The van der Waals surface area contributed by atoms with Crippen LogP contribution in [0.2, 0.25) is 0 Å². The van der Waals surface area contributed by atoms with Gasteiger partial charge in [-0.2, -0.15) is 0 Å². The molecule has 0 fully saturated rings. The zero-order valence-electron chi connectivity index (χ0n) is 7.07. The van der Waals surface area contributed by atoms with Crippen molar-refractivity contribution < 1.29 is 15.3 Å². The van der Waals surface area contributed by atoms with Crippen LogP contribution < -0.4 is 0 Å². The normalized spacial score (nSPS) is 10.6. The molecule has 1 rings (SSSR count). The van der Waals surface area contributed by atoms with E-state index in [1.54, 1.807) is 6.07 Å². The van der Waals surface area contributed by atoms with Crippen molar-refractivity contribution in [2.75, 3.05) is 0 Å². The van der Waals surface area contributed by atoms with E-state index in [-0.39, 0.29) is 17.4 Å². The lowest BCUT2D eigenvalue weighted by Crippen LogP contribution is -1.87. The van der Waals surface area contributed by atoms with Crippen molar-refractivity contribution in [3.63, 3.8) is 0 Å². The summed E-state index contributed by atoms with van der Waals surface area (Å²) in [5.74, 6) is -0.848. The fourth-order valence-corrected chi connectivity index (χ4v) is 1.05. The first-order chi connectivity index (χ1) is 5.54. The molecule has 0 atom stereocenters. The Bertz CT molecular complexity index is 292. The average Bonchev–Trinajstić information content (AvgIpc) is 2.00. The highest BCUT2D eigenvalue weighted by molar-refractivity contribution is 5.53. The van der Waals surface area contributed by atoms with Crippen molar-refractivity contribution in [3.8, 4) is 17.2 Å². The van der Waals surface area contributed by atoms with E-state index in [1.165, 1.54) is 6.07 Å². The summed E-state index contributed by atoms with van der Waals surface area (Å²) in [7, 11) is 0. The standard InChI is InChI=1S/C9H12O3/c1-5(2)6-3-4-7(10)9(12)8(6)11/h3-5,10-12H,1-2H3. The van der Waals surface area contributed by atoms with E-state index in [0.717, 1.165) is 0 Å². The SMILES string of the molecule is CC(C)c1ccc(O)c(O)c1O. The number of phenols is 3. The van der Waals surface area contributed by atoms with E-state index in [1.807, 2.05) is 13.8 Å². The minimum absolute atomic E-state index is 0.122. The second-order valence-corrected chi connectivity index (χ2v) is 3.03. The fraction of sp³-hybridized carbons (Fsp3) is 0.333. The molecule has 3 heteroatoms. The highest BCUT2D eigenvalue weighted by Gasteiger charge is 2.12. The van der Waals surface area contributed by atoms with Gasteiger partial charge in [-0.1, -0.05) is 19.9 Å². The summed E-state index contributed by atoms with van der Waals surface area (Å²) in [5, 5.41) is 27.5. The Morgan fingerprint density at radius 3 is 2.08 bits per heavy atom. The third-order valence-electron chi connectivity index (χ3n) is 1.78. The molecule has 66 valence electrons. The molecule has 0 saturated carbocycles.